The normalized spacial score (nSPS) is 13.6. The van der Waals surface area contributed by atoms with Crippen LogP contribution in [0.1, 0.15) is 56.4 Å². The second-order valence-corrected chi connectivity index (χ2v) is 7.56. The Hall–Kier alpha value is -0.490. The molecule has 0 fully saturated rings. The molecule has 1 heterocycles. The number of carbonyl (C=O) groups excluding carboxylic acids is 1. The zero-order valence-corrected chi connectivity index (χ0v) is 14.6. The van der Waals surface area contributed by atoms with Crippen LogP contribution in [0.2, 0.25) is 0 Å². The van der Waals surface area contributed by atoms with Gasteiger partial charge in [0.1, 0.15) is 4.88 Å². The number of amides is 1. The Morgan fingerprint density at radius 2 is 2.05 bits per heavy atom. The van der Waals surface area contributed by atoms with Gasteiger partial charge in [-0.3, -0.25) is 4.79 Å². The van der Waals surface area contributed by atoms with Gasteiger partial charge in [-0.05, 0) is 23.9 Å². The zero-order valence-electron chi connectivity index (χ0n) is 12.2. The van der Waals surface area contributed by atoms with E-state index in [2.05, 4.69) is 44.7 Å². The summed E-state index contributed by atoms with van der Waals surface area (Å²) in [7, 11) is 0. The van der Waals surface area contributed by atoms with Gasteiger partial charge >= 0.3 is 0 Å². The number of alkyl halides is 1. The van der Waals surface area contributed by atoms with Crippen LogP contribution in [0.15, 0.2) is 0 Å². The second-order valence-electron chi connectivity index (χ2n) is 6.15. The first-order chi connectivity index (χ1) is 8.75. The number of carbonyl (C=O) groups is 1. The van der Waals surface area contributed by atoms with Crippen molar-refractivity contribution in [2.75, 3.05) is 5.33 Å². The van der Waals surface area contributed by atoms with E-state index in [0.29, 0.717) is 10.8 Å². The van der Waals surface area contributed by atoms with Gasteiger partial charge in [0.15, 0.2) is 0 Å². The lowest BCUT2D eigenvalue weighted by Gasteiger charge is -2.20. The highest BCUT2D eigenvalue weighted by Crippen LogP contribution is 2.25. The maximum absolute atomic E-state index is 12.3. The first kappa shape index (κ1) is 16.6. The van der Waals surface area contributed by atoms with Crippen LogP contribution in [-0.2, 0) is 5.41 Å². The van der Waals surface area contributed by atoms with E-state index in [0.717, 1.165) is 17.4 Å². The lowest BCUT2D eigenvalue weighted by Crippen LogP contribution is -2.37. The number of rotatable bonds is 5. The predicted octanol–water partition coefficient (Wildman–Crippen LogP) is 3.38. The van der Waals surface area contributed by atoms with Gasteiger partial charge in [0.2, 0.25) is 0 Å². The van der Waals surface area contributed by atoms with Crippen LogP contribution in [0.5, 0.6) is 0 Å². The Bertz CT molecular complexity index is 426. The van der Waals surface area contributed by atoms with Crippen LogP contribution in [0.4, 0.5) is 0 Å². The van der Waals surface area contributed by atoms with Crippen molar-refractivity contribution >= 4 is 33.4 Å². The number of aromatic nitrogens is 2. The Kier molecular flexibility index (Phi) is 5.92. The fourth-order valence-corrected chi connectivity index (χ4v) is 3.02. The molecule has 19 heavy (non-hydrogen) atoms. The molecule has 0 aliphatic rings. The molecule has 0 bridgehead atoms. The highest BCUT2D eigenvalue weighted by Gasteiger charge is 2.27. The van der Waals surface area contributed by atoms with Crippen molar-refractivity contribution in [2.24, 2.45) is 5.92 Å². The Balaban J connectivity index is 2.81. The molecule has 1 aromatic heterocycles. The largest absolute Gasteiger partial charge is 0.348 e. The minimum Gasteiger partial charge on any atom is -0.348 e. The van der Waals surface area contributed by atoms with Crippen molar-refractivity contribution in [1.29, 1.82) is 0 Å². The third-order valence-corrected chi connectivity index (χ3v) is 4.19. The van der Waals surface area contributed by atoms with Crippen LogP contribution < -0.4 is 5.32 Å². The third kappa shape index (κ3) is 4.84. The SMILES string of the molecule is CC(C)CC(CBr)NC(=O)c1snnc1C(C)(C)C. The van der Waals surface area contributed by atoms with Crippen LogP contribution >= 0.6 is 27.5 Å². The molecule has 0 saturated carbocycles. The fraction of sp³-hybridized carbons (Fsp3) is 0.769. The fourth-order valence-electron chi connectivity index (χ4n) is 1.81. The summed E-state index contributed by atoms with van der Waals surface area (Å²) in [5.74, 6) is 0.481. The highest BCUT2D eigenvalue weighted by atomic mass is 79.9. The maximum atomic E-state index is 12.3. The first-order valence-electron chi connectivity index (χ1n) is 6.45. The van der Waals surface area contributed by atoms with Crippen LogP contribution in [0.25, 0.3) is 0 Å². The predicted molar refractivity (Wildman–Crippen MR) is 83.1 cm³/mol. The van der Waals surface area contributed by atoms with E-state index in [1.807, 2.05) is 20.8 Å². The van der Waals surface area contributed by atoms with Gasteiger partial charge in [-0.1, -0.05) is 55.0 Å². The summed E-state index contributed by atoms with van der Waals surface area (Å²) in [5.41, 5.74) is 0.606. The first-order valence-corrected chi connectivity index (χ1v) is 8.34. The molecular formula is C13H22BrN3OS. The number of hydrogen-bond donors (Lipinski definition) is 1. The van der Waals surface area contributed by atoms with Gasteiger partial charge < -0.3 is 5.32 Å². The summed E-state index contributed by atoms with van der Waals surface area (Å²) in [6, 6.07) is 0.141. The van der Waals surface area contributed by atoms with Crippen LogP contribution in [-0.4, -0.2) is 26.9 Å². The summed E-state index contributed by atoms with van der Waals surface area (Å²) < 4.78 is 3.92. The third-order valence-electron chi connectivity index (χ3n) is 2.68. The molecule has 1 N–H and O–H groups in total. The standard InChI is InChI=1S/C13H22BrN3OS/c1-8(2)6-9(7-14)15-12(18)10-11(13(3,4)5)16-17-19-10/h8-9H,6-7H2,1-5H3,(H,15,18). The minimum atomic E-state index is -0.165. The van der Waals surface area contributed by atoms with E-state index in [9.17, 15) is 4.79 Å². The molecule has 1 unspecified atom stereocenters. The molecule has 0 spiro atoms. The van der Waals surface area contributed by atoms with Gasteiger partial charge in [-0.15, -0.1) is 5.10 Å². The van der Waals surface area contributed by atoms with Crippen molar-refractivity contribution in [3.63, 3.8) is 0 Å². The minimum absolute atomic E-state index is 0.0648. The molecule has 1 amide bonds. The van der Waals surface area contributed by atoms with E-state index in [1.165, 1.54) is 11.5 Å². The molecule has 1 rings (SSSR count). The summed E-state index contributed by atoms with van der Waals surface area (Å²) >= 11 is 4.62. The van der Waals surface area contributed by atoms with Crippen molar-refractivity contribution in [3.05, 3.63) is 10.6 Å². The number of nitrogens with zero attached hydrogens (tertiary/aromatic N) is 2. The van der Waals surface area contributed by atoms with Gasteiger partial charge in [-0.25, -0.2) is 0 Å². The van der Waals surface area contributed by atoms with Gasteiger partial charge in [0.05, 0.1) is 5.69 Å². The average molecular weight is 348 g/mol. The summed E-state index contributed by atoms with van der Waals surface area (Å²) in [6.07, 6.45) is 0.952. The number of halogens is 1. The van der Waals surface area contributed by atoms with Gasteiger partial charge in [-0.2, -0.15) is 0 Å². The van der Waals surface area contributed by atoms with Crippen molar-refractivity contribution in [3.8, 4) is 0 Å². The highest BCUT2D eigenvalue weighted by molar-refractivity contribution is 9.09. The molecule has 0 aliphatic heterocycles. The van der Waals surface area contributed by atoms with Crippen LogP contribution in [0.3, 0.4) is 0 Å². The molecule has 1 atom stereocenters. The second kappa shape index (κ2) is 6.79. The van der Waals surface area contributed by atoms with Crippen LogP contribution in [0, 0.1) is 5.92 Å². The smallest absolute Gasteiger partial charge is 0.265 e. The molecule has 1 aromatic rings. The topological polar surface area (TPSA) is 54.9 Å². The molecule has 0 aromatic carbocycles. The lowest BCUT2D eigenvalue weighted by molar-refractivity contribution is 0.0939. The van der Waals surface area contributed by atoms with Crippen molar-refractivity contribution in [1.82, 2.24) is 14.9 Å². The van der Waals surface area contributed by atoms with Gasteiger partial charge in [0, 0.05) is 16.8 Å². The molecular weight excluding hydrogens is 326 g/mol. The summed E-state index contributed by atoms with van der Waals surface area (Å²) in [6.45, 7) is 10.4. The van der Waals surface area contributed by atoms with E-state index >= 15 is 0 Å². The van der Waals surface area contributed by atoms with Gasteiger partial charge in [0.25, 0.3) is 5.91 Å². The summed E-state index contributed by atoms with van der Waals surface area (Å²) in [4.78, 5) is 12.9. The number of hydrogen-bond acceptors (Lipinski definition) is 4. The summed E-state index contributed by atoms with van der Waals surface area (Å²) in [5, 5.41) is 7.91. The Morgan fingerprint density at radius 3 is 2.53 bits per heavy atom. The molecule has 0 aliphatic carbocycles. The Morgan fingerprint density at radius 1 is 1.42 bits per heavy atom. The average Bonchev–Trinajstić information content (AvgIpc) is 2.75. The van der Waals surface area contributed by atoms with E-state index in [1.54, 1.807) is 0 Å². The molecule has 4 nitrogen and oxygen atoms in total. The number of nitrogens with one attached hydrogen (secondary N) is 1. The monoisotopic (exact) mass is 347 g/mol. The van der Waals surface area contributed by atoms with Crippen molar-refractivity contribution < 1.29 is 4.79 Å². The van der Waals surface area contributed by atoms with E-state index in [4.69, 9.17) is 0 Å². The quantitative estimate of drug-likeness (QED) is 0.830. The van der Waals surface area contributed by atoms with Crippen molar-refractivity contribution in [2.45, 2.75) is 52.5 Å². The zero-order chi connectivity index (χ0) is 14.6. The molecule has 6 heteroatoms. The molecule has 0 radical (unpaired) electrons. The maximum Gasteiger partial charge on any atom is 0.265 e. The molecule has 108 valence electrons. The lowest BCUT2D eigenvalue weighted by atomic mass is 9.91. The Labute approximate surface area is 127 Å². The molecule has 0 saturated heterocycles. The van der Waals surface area contributed by atoms with E-state index in [-0.39, 0.29) is 17.4 Å². The van der Waals surface area contributed by atoms with E-state index < -0.39 is 0 Å².